The maximum Gasteiger partial charge on any atom is 0.200 e. The summed E-state index contributed by atoms with van der Waals surface area (Å²) in [5, 5.41) is 0. The number of hydrogen-bond acceptors (Lipinski definition) is 2. The van der Waals surface area contributed by atoms with Crippen molar-refractivity contribution >= 4 is 24.8 Å². The zero-order valence-electron chi connectivity index (χ0n) is 7.25. The van der Waals surface area contributed by atoms with E-state index in [2.05, 4.69) is 24.8 Å². The average molecular weight is 268 g/mol. The van der Waals surface area contributed by atoms with E-state index in [4.69, 9.17) is 0 Å². The van der Waals surface area contributed by atoms with Crippen LogP contribution < -0.4 is 0 Å². The van der Waals surface area contributed by atoms with Gasteiger partial charge in [0, 0.05) is 10.5 Å². The van der Waals surface area contributed by atoms with Crippen molar-refractivity contribution in [2.75, 3.05) is 0 Å². The van der Waals surface area contributed by atoms with Crippen LogP contribution in [0.25, 0.3) is 11.1 Å². The van der Waals surface area contributed by atoms with Gasteiger partial charge in [-0.1, -0.05) is 12.2 Å². The van der Waals surface area contributed by atoms with Crippen molar-refractivity contribution < 1.29 is 22.0 Å². The fraction of sp³-hybridized carbons (Fsp3) is 0. The minimum atomic E-state index is -2.19. The van der Waals surface area contributed by atoms with Crippen LogP contribution in [0.1, 0.15) is 0 Å². The van der Waals surface area contributed by atoms with Gasteiger partial charge in [-0.25, -0.2) is 22.0 Å². The molecular weight excluding hydrogens is 267 g/mol. The summed E-state index contributed by atoms with van der Waals surface area (Å²) in [7, 11) is 0. The second-order valence-electron chi connectivity index (χ2n) is 3.00. The number of thiol groups is 1. The fourth-order valence-corrected chi connectivity index (χ4v) is 1.83. The van der Waals surface area contributed by atoms with E-state index in [0.717, 1.165) is 0 Å². The lowest BCUT2D eigenvalue weighted by Gasteiger charge is -2.04. The lowest BCUT2D eigenvalue weighted by molar-refractivity contribution is 0.381. The first-order valence-corrected chi connectivity index (χ1v) is 4.73. The molecule has 0 radical (unpaired) electrons. The van der Waals surface area contributed by atoms with Crippen LogP contribution in [-0.4, -0.2) is 0 Å². The van der Waals surface area contributed by atoms with Crippen molar-refractivity contribution in [3.05, 3.63) is 33.6 Å². The number of hydrogen-bond donors (Lipinski definition) is 1. The smallest absolute Gasteiger partial charge is 0.200 e. The highest BCUT2D eigenvalue weighted by Crippen LogP contribution is 2.43. The predicted molar refractivity (Wildman–Crippen MR) is 52.1 cm³/mol. The SMILES string of the molecule is Fc1c(F)c(F)c(-c2c(S)c2=S)c(F)c1F. The molecule has 7 heteroatoms. The highest BCUT2D eigenvalue weighted by Gasteiger charge is 2.31. The second kappa shape index (κ2) is 3.53. The van der Waals surface area contributed by atoms with Crippen LogP contribution in [0.3, 0.4) is 0 Å². The van der Waals surface area contributed by atoms with Crippen molar-refractivity contribution in [2.24, 2.45) is 0 Å². The minimum absolute atomic E-state index is 0.00606. The molecule has 0 fully saturated rings. The summed E-state index contributed by atoms with van der Waals surface area (Å²) >= 11 is 8.32. The van der Waals surface area contributed by atoms with Gasteiger partial charge in [0.2, 0.25) is 5.82 Å². The summed E-state index contributed by atoms with van der Waals surface area (Å²) < 4.78 is 64.7. The van der Waals surface area contributed by atoms with Gasteiger partial charge in [-0.15, -0.1) is 12.6 Å². The van der Waals surface area contributed by atoms with E-state index in [1.807, 2.05) is 0 Å². The van der Waals surface area contributed by atoms with Crippen LogP contribution in [0.5, 0.6) is 0 Å². The van der Waals surface area contributed by atoms with Gasteiger partial charge in [0.1, 0.15) is 0 Å². The zero-order chi connectivity index (χ0) is 12.2. The summed E-state index contributed by atoms with van der Waals surface area (Å²) in [6, 6.07) is 0. The third kappa shape index (κ3) is 1.38. The predicted octanol–water partition coefficient (Wildman–Crippen LogP) is 3.94. The Kier molecular flexibility index (Phi) is 2.54. The van der Waals surface area contributed by atoms with E-state index < -0.39 is 34.6 Å². The average Bonchev–Trinajstić information content (AvgIpc) is 2.83. The Morgan fingerprint density at radius 3 is 1.31 bits per heavy atom. The lowest BCUT2D eigenvalue weighted by atomic mass is 10.1. The van der Waals surface area contributed by atoms with Crippen molar-refractivity contribution in [2.45, 2.75) is 4.90 Å². The summed E-state index contributed by atoms with van der Waals surface area (Å²) in [5.41, 5.74) is -1.21. The van der Waals surface area contributed by atoms with Gasteiger partial charge in [-0.2, -0.15) is 0 Å². The zero-order valence-corrected chi connectivity index (χ0v) is 8.96. The molecule has 0 spiro atoms. The van der Waals surface area contributed by atoms with E-state index in [1.165, 1.54) is 0 Å². The Labute approximate surface area is 96.8 Å². The first-order valence-electron chi connectivity index (χ1n) is 3.87. The van der Waals surface area contributed by atoms with Gasteiger partial charge in [0.15, 0.2) is 23.3 Å². The van der Waals surface area contributed by atoms with E-state index in [0.29, 0.717) is 0 Å². The Morgan fingerprint density at radius 1 is 0.688 bits per heavy atom. The van der Waals surface area contributed by atoms with Gasteiger partial charge in [0.05, 0.1) is 10.1 Å². The van der Waals surface area contributed by atoms with Crippen molar-refractivity contribution in [1.29, 1.82) is 0 Å². The van der Waals surface area contributed by atoms with Crippen LogP contribution in [0.2, 0.25) is 0 Å². The molecule has 0 bridgehead atoms. The Hall–Kier alpha value is -0.950. The molecule has 0 saturated carbocycles. The van der Waals surface area contributed by atoms with Crippen LogP contribution in [0.15, 0.2) is 4.90 Å². The van der Waals surface area contributed by atoms with Gasteiger partial charge < -0.3 is 0 Å². The lowest BCUT2D eigenvalue weighted by Crippen LogP contribution is -2.02. The summed E-state index contributed by atoms with van der Waals surface area (Å²) in [6.45, 7) is 0. The van der Waals surface area contributed by atoms with Crippen LogP contribution in [0.4, 0.5) is 22.0 Å². The van der Waals surface area contributed by atoms with Crippen molar-refractivity contribution in [3.63, 3.8) is 0 Å². The molecule has 0 heterocycles. The van der Waals surface area contributed by atoms with E-state index in [1.54, 1.807) is 0 Å². The summed E-state index contributed by atoms with van der Waals surface area (Å²) in [4.78, 5) is 0.0678. The van der Waals surface area contributed by atoms with Gasteiger partial charge in [-0.3, -0.25) is 0 Å². The normalized spacial score (nSPS) is 11.4. The molecule has 2 rings (SSSR count). The van der Waals surface area contributed by atoms with Crippen molar-refractivity contribution in [3.8, 4) is 11.1 Å². The van der Waals surface area contributed by atoms with Crippen LogP contribution in [-0.2, 0) is 0 Å². The van der Waals surface area contributed by atoms with Gasteiger partial charge in [0.25, 0.3) is 0 Å². The highest BCUT2D eigenvalue weighted by atomic mass is 32.1. The first kappa shape index (κ1) is 11.5. The number of benzene rings is 1. The molecule has 2 aromatic rings. The number of rotatable bonds is 1. The molecule has 0 N–H and O–H groups in total. The molecule has 0 aliphatic carbocycles. The highest BCUT2D eigenvalue weighted by molar-refractivity contribution is 7.81. The Morgan fingerprint density at radius 2 is 1.00 bits per heavy atom. The molecule has 0 aliphatic rings. The number of halogens is 5. The molecule has 0 unspecified atom stereocenters. The Balaban J connectivity index is 2.82. The van der Waals surface area contributed by atoms with E-state index in [-0.39, 0.29) is 15.0 Å². The minimum Gasteiger partial charge on any atom is -0.203 e. The van der Waals surface area contributed by atoms with E-state index >= 15 is 0 Å². The third-order valence-corrected chi connectivity index (χ3v) is 3.08. The first-order chi connectivity index (χ1) is 7.37. The maximum absolute atomic E-state index is 13.2. The topological polar surface area (TPSA) is 0 Å². The molecule has 0 saturated heterocycles. The fourth-order valence-electron chi connectivity index (χ4n) is 1.22. The second-order valence-corrected chi connectivity index (χ2v) is 3.85. The molecule has 2 aromatic carbocycles. The molecule has 0 aromatic heterocycles. The molecule has 0 amide bonds. The van der Waals surface area contributed by atoms with E-state index in [9.17, 15) is 22.0 Å². The summed E-state index contributed by atoms with van der Waals surface area (Å²) in [6.07, 6.45) is 0. The Bertz CT molecular complexity index is 581. The van der Waals surface area contributed by atoms with Crippen LogP contribution >= 0.6 is 24.8 Å². The maximum atomic E-state index is 13.2. The molecular formula is C9HF5S2. The standard InChI is InChI=1S/C9HF5S2/c10-3-1(2-8(15)9(2)16)4(11)6(13)7(14)5(3)12/h15H. The van der Waals surface area contributed by atoms with Crippen molar-refractivity contribution in [1.82, 2.24) is 0 Å². The molecule has 0 nitrogen and oxygen atoms in total. The molecule has 0 aliphatic heterocycles. The van der Waals surface area contributed by atoms with Gasteiger partial charge in [-0.05, 0) is 0 Å². The van der Waals surface area contributed by atoms with Crippen LogP contribution in [0, 0.1) is 33.6 Å². The quantitative estimate of drug-likeness (QED) is 0.269. The molecule has 0 atom stereocenters. The largest absolute Gasteiger partial charge is 0.203 e. The monoisotopic (exact) mass is 268 g/mol. The van der Waals surface area contributed by atoms with Gasteiger partial charge >= 0.3 is 0 Å². The third-order valence-electron chi connectivity index (χ3n) is 2.08. The summed E-state index contributed by atoms with van der Waals surface area (Å²) in [5.74, 6) is -9.95. The molecule has 84 valence electrons. The molecule has 16 heavy (non-hydrogen) atoms.